The zero-order valence-electron chi connectivity index (χ0n) is 14.6. The van der Waals surface area contributed by atoms with Crippen molar-refractivity contribution in [2.24, 2.45) is 7.05 Å². The maximum absolute atomic E-state index is 13.2. The third-order valence-corrected chi connectivity index (χ3v) is 4.73. The van der Waals surface area contributed by atoms with E-state index in [4.69, 9.17) is 4.52 Å². The minimum Gasteiger partial charge on any atom is -0.339 e. The van der Waals surface area contributed by atoms with E-state index in [1.54, 1.807) is 6.33 Å². The minimum absolute atomic E-state index is 0.00685. The lowest BCUT2D eigenvalue weighted by Gasteiger charge is -2.22. The lowest BCUT2D eigenvalue weighted by Crippen LogP contribution is -2.31. The van der Waals surface area contributed by atoms with E-state index in [9.17, 15) is 4.79 Å². The maximum atomic E-state index is 13.2. The molecule has 3 aromatic rings. The molecule has 2 aromatic heterocycles. The molecule has 0 bridgehead atoms. The number of likely N-dealkylation sites (tertiary alicyclic amines) is 1. The quantitative estimate of drug-likeness (QED) is 0.733. The van der Waals surface area contributed by atoms with E-state index in [0.29, 0.717) is 23.8 Å². The molecule has 0 saturated carbocycles. The van der Waals surface area contributed by atoms with Crippen LogP contribution in [0.2, 0.25) is 0 Å². The van der Waals surface area contributed by atoms with Crippen molar-refractivity contribution < 1.29 is 9.32 Å². The Bertz CT molecular complexity index is 927. The summed E-state index contributed by atoms with van der Waals surface area (Å²) in [5.41, 5.74) is 2.34. The van der Waals surface area contributed by atoms with Crippen LogP contribution in [0.1, 0.15) is 60.7 Å². The van der Waals surface area contributed by atoms with Crippen molar-refractivity contribution in [1.29, 1.82) is 0 Å². The number of amides is 1. The molecule has 7 nitrogen and oxygen atoms in total. The van der Waals surface area contributed by atoms with E-state index in [1.165, 1.54) is 0 Å². The smallest absolute Gasteiger partial charge is 0.256 e. The summed E-state index contributed by atoms with van der Waals surface area (Å²) in [6.45, 7) is 4.72. The third-order valence-electron chi connectivity index (χ3n) is 4.73. The van der Waals surface area contributed by atoms with Gasteiger partial charge in [0.15, 0.2) is 5.82 Å². The SMILES string of the molecule is CC(C)c1nc([C@@H]2CCCN2C(=O)c2cccc3ncn(C)c23)no1. The molecule has 4 rings (SSSR count). The number of hydrogen-bond acceptors (Lipinski definition) is 5. The predicted octanol–water partition coefficient (Wildman–Crippen LogP) is 3.06. The van der Waals surface area contributed by atoms with Gasteiger partial charge in [0.25, 0.3) is 5.91 Å². The van der Waals surface area contributed by atoms with Crippen LogP contribution in [-0.4, -0.2) is 37.0 Å². The van der Waals surface area contributed by atoms with Crippen LogP contribution in [0.4, 0.5) is 0 Å². The van der Waals surface area contributed by atoms with E-state index in [2.05, 4.69) is 15.1 Å². The van der Waals surface area contributed by atoms with Gasteiger partial charge in [0.2, 0.25) is 5.89 Å². The number of nitrogens with zero attached hydrogens (tertiary/aromatic N) is 5. The second-order valence-corrected chi connectivity index (χ2v) is 6.83. The lowest BCUT2D eigenvalue weighted by molar-refractivity contribution is 0.0730. The summed E-state index contributed by atoms with van der Waals surface area (Å²) in [4.78, 5) is 23.9. The number of aromatic nitrogens is 4. The van der Waals surface area contributed by atoms with E-state index < -0.39 is 0 Å². The van der Waals surface area contributed by atoms with Gasteiger partial charge in [0.05, 0.1) is 29.0 Å². The molecule has 1 saturated heterocycles. The number of fused-ring (bicyclic) bond motifs is 1. The zero-order valence-corrected chi connectivity index (χ0v) is 14.6. The Labute approximate surface area is 145 Å². The molecule has 3 heterocycles. The van der Waals surface area contributed by atoms with Crippen LogP contribution < -0.4 is 0 Å². The van der Waals surface area contributed by atoms with Gasteiger partial charge in [-0.15, -0.1) is 0 Å². The summed E-state index contributed by atoms with van der Waals surface area (Å²) >= 11 is 0. The van der Waals surface area contributed by atoms with E-state index in [-0.39, 0.29) is 17.9 Å². The molecule has 1 amide bonds. The van der Waals surface area contributed by atoms with Crippen LogP contribution in [0.3, 0.4) is 0 Å². The molecule has 1 aliphatic heterocycles. The lowest BCUT2D eigenvalue weighted by atomic mass is 10.1. The number of para-hydroxylation sites is 1. The van der Waals surface area contributed by atoms with Crippen LogP contribution >= 0.6 is 0 Å². The predicted molar refractivity (Wildman–Crippen MR) is 92.1 cm³/mol. The Morgan fingerprint density at radius 2 is 2.20 bits per heavy atom. The van der Waals surface area contributed by atoms with Crippen molar-refractivity contribution in [3.05, 3.63) is 41.8 Å². The highest BCUT2D eigenvalue weighted by Gasteiger charge is 2.35. The second-order valence-electron chi connectivity index (χ2n) is 6.83. The van der Waals surface area contributed by atoms with Crippen molar-refractivity contribution in [3.8, 4) is 0 Å². The third kappa shape index (κ3) is 2.59. The topological polar surface area (TPSA) is 77.1 Å². The first kappa shape index (κ1) is 15.8. The van der Waals surface area contributed by atoms with Crippen LogP contribution in [0, 0.1) is 0 Å². The van der Waals surface area contributed by atoms with Crippen LogP contribution in [0.25, 0.3) is 11.0 Å². The molecule has 130 valence electrons. The van der Waals surface area contributed by atoms with Crippen LogP contribution in [-0.2, 0) is 7.05 Å². The van der Waals surface area contributed by atoms with Gasteiger partial charge < -0.3 is 14.0 Å². The molecular formula is C18H21N5O2. The molecular weight excluding hydrogens is 318 g/mol. The maximum Gasteiger partial charge on any atom is 0.256 e. The summed E-state index contributed by atoms with van der Waals surface area (Å²) in [7, 11) is 1.90. The number of benzene rings is 1. The van der Waals surface area contributed by atoms with Gasteiger partial charge in [-0.25, -0.2) is 4.98 Å². The Hall–Kier alpha value is -2.70. The van der Waals surface area contributed by atoms with E-state index >= 15 is 0 Å². The molecule has 0 unspecified atom stereocenters. The van der Waals surface area contributed by atoms with Gasteiger partial charge in [0.1, 0.15) is 0 Å². The number of carbonyl (C=O) groups is 1. The molecule has 1 fully saturated rings. The van der Waals surface area contributed by atoms with Crippen molar-refractivity contribution >= 4 is 16.9 Å². The van der Waals surface area contributed by atoms with Gasteiger partial charge in [-0.05, 0) is 25.0 Å². The van der Waals surface area contributed by atoms with Crippen LogP contribution in [0.5, 0.6) is 0 Å². The Balaban J connectivity index is 1.69. The first-order valence-electron chi connectivity index (χ1n) is 8.60. The Kier molecular flexibility index (Phi) is 3.78. The van der Waals surface area contributed by atoms with Crippen molar-refractivity contribution in [3.63, 3.8) is 0 Å². The van der Waals surface area contributed by atoms with E-state index in [0.717, 1.165) is 23.9 Å². The highest BCUT2D eigenvalue weighted by molar-refractivity contribution is 6.05. The number of carbonyl (C=O) groups excluding carboxylic acids is 1. The zero-order chi connectivity index (χ0) is 17.6. The van der Waals surface area contributed by atoms with Crippen LogP contribution in [0.15, 0.2) is 29.0 Å². The molecule has 0 radical (unpaired) electrons. The fraction of sp³-hybridized carbons (Fsp3) is 0.444. The molecule has 1 aromatic carbocycles. The van der Waals surface area contributed by atoms with Gasteiger partial charge in [-0.2, -0.15) is 4.98 Å². The van der Waals surface area contributed by atoms with Crippen molar-refractivity contribution in [2.45, 2.75) is 38.6 Å². The normalized spacial score (nSPS) is 17.8. The standard InChI is InChI=1S/C18H21N5O2/c1-11(2)17-20-16(21-25-17)14-8-5-9-23(14)18(24)12-6-4-7-13-15(12)22(3)10-19-13/h4,6-7,10-11,14H,5,8-9H2,1-3H3/t14-/m0/s1. The summed E-state index contributed by atoms with van der Waals surface area (Å²) in [6, 6.07) is 5.52. The van der Waals surface area contributed by atoms with Gasteiger partial charge in [0, 0.05) is 19.5 Å². The molecule has 25 heavy (non-hydrogen) atoms. The molecule has 1 aliphatic rings. The number of rotatable bonds is 3. The number of aryl methyl sites for hydroxylation is 1. The summed E-state index contributed by atoms with van der Waals surface area (Å²) < 4.78 is 7.22. The summed E-state index contributed by atoms with van der Waals surface area (Å²) in [5.74, 6) is 1.39. The minimum atomic E-state index is -0.132. The molecule has 1 atom stereocenters. The number of hydrogen-bond donors (Lipinski definition) is 0. The van der Waals surface area contributed by atoms with E-state index in [1.807, 2.05) is 48.6 Å². The monoisotopic (exact) mass is 339 g/mol. The fourth-order valence-corrected chi connectivity index (χ4v) is 3.44. The average Bonchev–Trinajstić information content (AvgIpc) is 3.33. The molecule has 0 N–H and O–H groups in total. The first-order valence-corrected chi connectivity index (χ1v) is 8.60. The van der Waals surface area contributed by atoms with Crippen molar-refractivity contribution in [1.82, 2.24) is 24.6 Å². The van der Waals surface area contributed by atoms with Gasteiger partial charge >= 0.3 is 0 Å². The molecule has 0 aliphatic carbocycles. The summed E-state index contributed by atoms with van der Waals surface area (Å²) in [5, 5.41) is 4.12. The highest BCUT2D eigenvalue weighted by Crippen LogP contribution is 2.33. The highest BCUT2D eigenvalue weighted by atomic mass is 16.5. The molecule has 7 heteroatoms. The van der Waals surface area contributed by atoms with Crippen molar-refractivity contribution in [2.75, 3.05) is 6.54 Å². The summed E-state index contributed by atoms with van der Waals surface area (Å²) in [6.07, 6.45) is 3.52. The first-order chi connectivity index (χ1) is 12.1. The van der Waals surface area contributed by atoms with Gasteiger partial charge in [-0.1, -0.05) is 25.1 Å². The Morgan fingerprint density at radius 1 is 1.36 bits per heavy atom. The second kappa shape index (κ2) is 5.98. The molecule has 0 spiro atoms. The average molecular weight is 339 g/mol. The Morgan fingerprint density at radius 3 is 2.96 bits per heavy atom. The fourth-order valence-electron chi connectivity index (χ4n) is 3.44. The van der Waals surface area contributed by atoms with Gasteiger partial charge in [-0.3, -0.25) is 4.79 Å². The largest absolute Gasteiger partial charge is 0.339 e. The number of imidazole rings is 1.